The maximum Gasteiger partial charge on any atom is 0.352 e. The van der Waals surface area contributed by atoms with Gasteiger partial charge in [-0.25, -0.2) is 4.79 Å². The van der Waals surface area contributed by atoms with E-state index in [-0.39, 0.29) is 22.3 Å². The molecular weight excluding hydrogens is 210 g/mol. The fourth-order valence-corrected chi connectivity index (χ4v) is 1.59. The zero-order valence-corrected chi connectivity index (χ0v) is 8.44. The first kappa shape index (κ1) is 10.2. The molecule has 5 heteroatoms. The number of aromatic nitrogens is 1. The fourth-order valence-electron chi connectivity index (χ4n) is 1.59. The van der Waals surface area contributed by atoms with E-state index in [4.69, 9.17) is 5.11 Å². The SMILES string of the molecule is Cc1cc(O)c2[nH]c(C(=O)O)cc(=O)c2c1. The van der Waals surface area contributed by atoms with Crippen molar-refractivity contribution in [2.24, 2.45) is 0 Å². The van der Waals surface area contributed by atoms with Crippen LogP contribution in [0.15, 0.2) is 23.0 Å². The van der Waals surface area contributed by atoms with E-state index in [1.54, 1.807) is 13.0 Å². The van der Waals surface area contributed by atoms with E-state index in [1.807, 2.05) is 0 Å². The van der Waals surface area contributed by atoms with Gasteiger partial charge in [0.1, 0.15) is 11.4 Å². The number of phenols is 1. The Labute approximate surface area is 90.0 Å². The molecule has 0 spiro atoms. The second kappa shape index (κ2) is 3.37. The first-order chi connectivity index (χ1) is 7.49. The van der Waals surface area contributed by atoms with Crippen molar-refractivity contribution in [1.82, 2.24) is 4.98 Å². The number of phenolic OH excluding ortho intramolecular Hbond substituents is 1. The van der Waals surface area contributed by atoms with Crippen molar-refractivity contribution in [2.45, 2.75) is 6.92 Å². The summed E-state index contributed by atoms with van der Waals surface area (Å²) in [6.45, 7) is 1.74. The topological polar surface area (TPSA) is 90.4 Å². The summed E-state index contributed by atoms with van der Waals surface area (Å²) >= 11 is 0. The molecule has 0 aliphatic rings. The van der Waals surface area contributed by atoms with E-state index in [9.17, 15) is 14.7 Å². The second-order valence-electron chi connectivity index (χ2n) is 3.56. The van der Waals surface area contributed by atoms with Gasteiger partial charge < -0.3 is 15.2 Å². The quantitative estimate of drug-likeness (QED) is 0.673. The Kier molecular flexibility index (Phi) is 2.16. The molecule has 2 aromatic rings. The second-order valence-corrected chi connectivity index (χ2v) is 3.56. The average Bonchev–Trinajstić information content (AvgIpc) is 2.19. The van der Waals surface area contributed by atoms with Crippen molar-refractivity contribution >= 4 is 16.9 Å². The van der Waals surface area contributed by atoms with Crippen molar-refractivity contribution in [2.75, 3.05) is 0 Å². The third-order valence-electron chi connectivity index (χ3n) is 2.29. The lowest BCUT2D eigenvalue weighted by Crippen LogP contribution is -2.09. The third-order valence-corrected chi connectivity index (χ3v) is 2.29. The molecule has 0 atom stereocenters. The molecule has 0 amide bonds. The molecule has 0 saturated heterocycles. The van der Waals surface area contributed by atoms with Crippen LogP contribution in [0.1, 0.15) is 16.1 Å². The highest BCUT2D eigenvalue weighted by molar-refractivity contribution is 5.91. The Balaban J connectivity index is 2.93. The van der Waals surface area contributed by atoms with Gasteiger partial charge in [0.05, 0.1) is 5.52 Å². The van der Waals surface area contributed by atoms with E-state index < -0.39 is 11.4 Å². The molecule has 5 nitrogen and oxygen atoms in total. The molecule has 1 aromatic heterocycles. The highest BCUT2D eigenvalue weighted by Crippen LogP contribution is 2.22. The molecule has 1 heterocycles. The fraction of sp³-hybridized carbons (Fsp3) is 0.0909. The van der Waals surface area contributed by atoms with E-state index in [0.717, 1.165) is 11.6 Å². The predicted molar refractivity (Wildman–Crippen MR) is 57.9 cm³/mol. The average molecular weight is 219 g/mol. The van der Waals surface area contributed by atoms with Gasteiger partial charge in [-0.2, -0.15) is 0 Å². The van der Waals surface area contributed by atoms with Crippen LogP contribution in [-0.2, 0) is 0 Å². The van der Waals surface area contributed by atoms with Crippen LogP contribution in [-0.4, -0.2) is 21.2 Å². The molecule has 0 saturated carbocycles. The third kappa shape index (κ3) is 1.52. The van der Waals surface area contributed by atoms with Crippen LogP contribution in [0.3, 0.4) is 0 Å². The van der Waals surface area contributed by atoms with Gasteiger partial charge in [-0.1, -0.05) is 0 Å². The van der Waals surface area contributed by atoms with Gasteiger partial charge in [0.25, 0.3) is 0 Å². The zero-order chi connectivity index (χ0) is 11.9. The highest BCUT2D eigenvalue weighted by Gasteiger charge is 2.10. The number of fused-ring (bicyclic) bond motifs is 1. The number of H-pyrrole nitrogens is 1. The number of hydrogen-bond donors (Lipinski definition) is 3. The van der Waals surface area contributed by atoms with Crippen LogP contribution in [0, 0.1) is 6.92 Å². The number of benzene rings is 1. The minimum atomic E-state index is -1.24. The Hall–Kier alpha value is -2.30. The highest BCUT2D eigenvalue weighted by atomic mass is 16.4. The van der Waals surface area contributed by atoms with Crippen LogP contribution in [0.25, 0.3) is 10.9 Å². The van der Waals surface area contributed by atoms with E-state index in [1.165, 1.54) is 6.07 Å². The molecule has 3 N–H and O–H groups in total. The minimum absolute atomic E-state index is 0.129. The summed E-state index contributed by atoms with van der Waals surface area (Å²) in [5.74, 6) is -1.37. The number of aryl methyl sites for hydroxylation is 1. The molecule has 2 rings (SSSR count). The van der Waals surface area contributed by atoms with Crippen molar-refractivity contribution in [1.29, 1.82) is 0 Å². The van der Waals surface area contributed by atoms with Gasteiger partial charge in [0.15, 0.2) is 5.43 Å². The molecule has 0 aliphatic heterocycles. The lowest BCUT2D eigenvalue weighted by Gasteiger charge is -2.04. The number of nitrogens with one attached hydrogen (secondary N) is 1. The first-order valence-corrected chi connectivity index (χ1v) is 4.59. The number of carbonyl (C=O) groups is 1. The zero-order valence-electron chi connectivity index (χ0n) is 8.44. The smallest absolute Gasteiger partial charge is 0.352 e. The van der Waals surface area contributed by atoms with Crippen LogP contribution >= 0.6 is 0 Å². The molecule has 16 heavy (non-hydrogen) atoms. The van der Waals surface area contributed by atoms with Crippen LogP contribution in [0.5, 0.6) is 5.75 Å². The Morgan fingerprint density at radius 3 is 2.62 bits per heavy atom. The summed E-state index contributed by atoms with van der Waals surface area (Å²) in [7, 11) is 0. The molecule has 0 bridgehead atoms. The van der Waals surface area contributed by atoms with Gasteiger partial charge in [0, 0.05) is 11.5 Å². The van der Waals surface area contributed by atoms with E-state index in [2.05, 4.69) is 4.98 Å². The normalized spacial score (nSPS) is 10.6. The number of pyridine rings is 1. The van der Waals surface area contributed by atoms with Crippen molar-refractivity contribution < 1.29 is 15.0 Å². The van der Waals surface area contributed by atoms with Gasteiger partial charge in [-0.15, -0.1) is 0 Å². The maximum atomic E-state index is 11.6. The molecule has 0 radical (unpaired) electrons. The number of aromatic amines is 1. The molecule has 0 fully saturated rings. The van der Waals surface area contributed by atoms with E-state index >= 15 is 0 Å². The van der Waals surface area contributed by atoms with Gasteiger partial charge in [-0.05, 0) is 24.6 Å². The van der Waals surface area contributed by atoms with Crippen molar-refractivity contribution in [3.05, 3.63) is 39.7 Å². The molecule has 1 aromatic carbocycles. The van der Waals surface area contributed by atoms with Crippen LogP contribution in [0.4, 0.5) is 0 Å². The lowest BCUT2D eigenvalue weighted by atomic mass is 10.1. The standard InChI is InChI=1S/C11H9NO4/c1-5-2-6-8(13)4-7(11(15)16)12-10(6)9(14)3-5/h2-4,14H,1H3,(H,12,13)(H,15,16). The maximum absolute atomic E-state index is 11.6. The summed E-state index contributed by atoms with van der Waals surface area (Å²) in [4.78, 5) is 24.9. The first-order valence-electron chi connectivity index (χ1n) is 4.59. The number of aromatic carboxylic acids is 1. The molecular formula is C11H9NO4. The van der Waals surface area contributed by atoms with Crippen LogP contribution < -0.4 is 5.43 Å². The van der Waals surface area contributed by atoms with Gasteiger partial charge in [-0.3, -0.25) is 4.79 Å². The monoisotopic (exact) mass is 219 g/mol. The largest absolute Gasteiger partial charge is 0.506 e. The number of carboxylic acids is 1. The number of carboxylic acid groups (broad SMARTS) is 1. The number of aromatic hydroxyl groups is 1. The number of rotatable bonds is 1. The summed E-state index contributed by atoms with van der Waals surface area (Å²) in [6, 6.07) is 4.06. The Morgan fingerprint density at radius 2 is 2.00 bits per heavy atom. The molecule has 82 valence electrons. The molecule has 0 unspecified atom stereocenters. The molecule has 0 aliphatic carbocycles. The van der Waals surface area contributed by atoms with Crippen LogP contribution in [0.2, 0.25) is 0 Å². The summed E-state index contributed by atoms with van der Waals surface area (Å²) in [5.41, 5.74) is 0.218. The van der Waals surface area contributed by atoms with Crippen molar-refractivity contribution in [3.8, 4) is 5.75 Å². The summed E-state index contributed by atoms with van der Waals surface area (Å²) < 4.78 is 0. The predicted octanol–water partition coefficient (Wildman–Crippen LogP) is 1.24. The van der Waals surface area contributed by atoms with E-state index in [0.29, 0.717) is 0 Å². The summed E-state index contributed by atoms with van der Waals surface area (Å²) in [6.07, 6.45) is 0. The van der Waals surface area contributed by atoms with Gasteiger partial charge >= 0.3 is 5.97 Å². The Morgan fingerprint density at radius 1 is 1.31 bits per heavy atom. The van der Waals surface area contributed by atoms with Crippen molar-refractivity contribution in [3.63, 3.8) is 0 Å². The van der Waals surface area contributed by atoms with Gasteiger partial charge in [0.2, 0.25) is 0 Å². The Bertz CT molecular complexity index is 642. The lowest BCUT2D eigenvalue weighted by molar-refractivity contribution is 0.0691. The summed E-state index contributed by atoms with van der Waals surface area (Å²) in [5, 5.41) is 18.7. The number of hydrogen-bond acceptors (Lipinski definition) is 3. The minimum Gasteiger partial charge on any atom is -0.506 e.